The van der Waals surface area contributed by atoms with Crippen LogP contribution in [-0.4, -0.2) is 34.6 Å². The second kappa shape index (κ2) is 7.05. The maximum Gasteiger partial charge on any atom is 0.126 e. The number of hydrogen-bond donors (Lipinski definition) is 2. The van der Waals surface area contributed by atoms with Crippen LogP contribution >= 0.6 is 11.6 Å². The van der Waals surface area contributed by atoms with Gasteiger partial charge in [-0.15, -0.1) is 0 Å². The number of nitrogens with zero attached hydrogens (tertiary/aromatic N) is 2. The lowest BCUT2D eigenvalue weighted by Crippen LogP contribution is -2.34. The van der Waals surface area contributed by atoms with Gasteiger partial charge in [0.25, 0.3) is 0 Å². The lowest BCUT2D eigenvalue weighted by molar-refractivity contribution is 0.0775. The quantitative estimate of drug-likeness (QED) is 0.907. The summed E-state index contributed by atoms with van der Waals surface area (Å²) < 4.78 is 5.34. The van der Waals surface area contributed by atoms with Crippen molar-refractivity contribution in [2.45, 2.75) is 25.4 Å². The van der Waals surface area contributed by atoms with E-state index in [0.29, 0.717) is 28.9 Å². The maximum absolute atomic E-state index is 9.91. The molecule has 22 heavy (non-hydrogen) atoms. The second-order valence-electron chi connectivity index (χ2n) is 5.34. The van der Waals surface area contributed by atoms with Gasteiger partial charge in [-0.25, -0.2) is 0 Å². The number of benzene rings is 1. The van der Waals surface area contributed by atoms with Crippen molar-refractivity contribution in [3.8, 4) is 17.0 Å². The number of aromatic nitrogens is 2. The van der Waals surface area contributed by atoms with Crippen molar-refractivity contribution in [1.29, 1.82) is 0 Å². The number of halogens is 1. The number of ether oxygens (including phenoxy) is 1. The Bertz CT molecular complexity index is 628. The molecule has 6 heteroatoms. The van der Waals surface area contributed by atoms with Crippen LogP contribution in [0.1, 0.15) is 18.5 Å². The van der Waals surface area contributed by atoms with E-state index in [1.165, 1.54) is 6.07 Å². The average Bonchev–Trinajstić information content (AvgIpc) is 2.55. The molecule has 1 aromatic carbocycles. The van der Waals surface area contributed by atoms with Gasteiger partial charge in [0, 0.05) is 36.4 Å². The predicted molar refractivity (Wildman–Crippen MR) is 84.8 cm³/mol. The van der Waals surface area contributed by atoms with Crippen LogP contribution in [0.25, 0.3) is 11.3 Å². The summed E-state index contributed by atoms with van der Waals surface area (Å²) in [5.41, 5.74) is 2.13. The summed E-state index contributed by atoms with van der Waals surface area (Å²) in [5, 5.41) is 22.3. The van der Waals surface area contributed by atoms with E-state index >= 15 is 0 Å². The molecule has 1 saturated heterocycles. The first-order chi connectivity index (χ1) is 10.7. The minimum absolute atomic E-state index is 0.106. The van der Waals surface area contributed by atoms with Crippen LogP contribution in [0.2, 0.25) is 5.02 Å². The molecule has 1 fully saturated rings. The number of phenolic OH excluding ortho intramolecular Hbond substituents is 1. The Morgan fingerprint density at radius 2 is 2.00 bits per heavy atom. The molecule has 1 aliphatic rings. The van der Waals surface area contributed by atoms with E-state index in [2.05, 4.69) is 15.5 Å². The fraction of sp³-hybridized carbons (Fsp3) is 0.375. The van der Waals surface area contributed by atoms with Gasteiger partial charge in [0.15, 0.2) is 0 Å². The zero-order chi connectivity index (χ0) is 15.4. The van der Waals surface area contributed by atoms with Crippen LogP contribution in [0.15, 0.2) is 30.3 Å². The van der Waals surface area contributed by atoms with Gasteiger partial charge in [-0.2, -0.15) is 10.2 Å². The maximum atomic E-state index is 9.91. The third-order valence-corrected chi connectivity index (χ3v) is 3.98. The van der Waals surface area contributed by atoms with Gasteiger partial charge < -0.3 is 15.2 Å². The molecule has 0 unspecified atom stereocenters. The molecular formula is C16H18ClN3O2. The highest BCUT2D eigenvalue weighted by atomic mass is 35.5. The predicted octanol–water partition coefficient (Wildman–Crippen LogP) is 2.77. The standard InChI is InChI=1S/C16H18ClN3O2/c17-11-1-3-14(16(21)9-11)15-4-2-13(19-20-15)10-18-12-5-7-22-8-6-12/h1-4,9,12,18,21H,5-8,10H2. The molecule has 5 nitrogen and oxygen atoms in total. The minimum Gasteiger partial charge on any atom is -0.507 e. The van der Waals surface area contributed by atoms with Crippen molar-refractivity contribution in [2.24, 2.45) is 0 Å². The second-order valence-corrected chi connectivity index (χ2v) is 5.78. The zero-order valence-electron chi connectivity index (χ0n) is 12.1. The van der Waals surface area contributed by atoms with Gasteiger partial charge in [-0.3, -0.25) is 0 Å². The van der Waals surface area contributed by atoms with Gasteiger partial charge in [-0.05, 0) is 43.2 Å². The molecule has 0 atom stereocenters. The summed E-state index contributed by atoms with van der Waals surface area (Å²) in [6.07, 6.45) is 2.06. The lowest BCUT2D eigenvalue weighted by Gasteiger charge is -2.22. The Kier molecular flexibility index (Phi) is 4.87. The van der Waals surface area contributed by atoms with Crippen molar-refractivity contribution in [1.82, 2.24) is 15.5 Å². The molecule has 2 N–H and O–H groups in total. The summed E-state index contributed by atoms with van der Waals surface area (Å²) in [6.45, 7) is 2.32. The Labute approximate surface area is 134 Å². The Hall–Kier alpha value is -1.69. The fourth-order valence-corrected chi connectivity index (χ4v) is 2.64. The molecule has 0 saturated carbocycles. The van der Waals surface area contributed by atoms with E-state index in [4.69, 9.17) is 16.3 Å². The number of aromatic hydroxyl groups is 1. The highest BCUT2D eigenvalue weighted by Crippen LogP contribution is 2.29. The summed E-state index contributed by atoms with van der Waals surface area (Å²) in [5.74, 6) is 0.106. The minimum atomic E-state index is 0.106. The molecule has 0 amide bonds. The molecule has 116 valence electrons. The molecule has 1 aliphatic heterocycles. The van der Waals surface area contributed by atoms with Gasteiger partial charge in [0.05, 0.1) is 11.4 Å². The van der Waals surface area contributed by atoms with Crippen LogP contribution in [0.4, 0.5) is 0 Å². The average molecular weight is 320 g/mol. The third kappa shape index (κ3) is 3.74. The Morgan fingerprint density at radius 1 is 1.18 bits per heavy atom. The monoisotopic (exact) mass is 319 g/mol. The topological polar surface area (TPSA) is 67.3 Å². The largest absolute Gasteiger partial charge is 0.507 e. The zero-order valence-corrected chi connectivity index (χ0v) is 12.9. The molecule has 1 aromatic heterocycles. The third-order valence-electron chi connectivity index (χ3n) is 3.75. The van der Waals surface area contributed by atoms with Gasteiger partial charge in [0.1, 0.15) is 5.75 Å². The molecule has 3 rings (SSSR count). The van der Waals surface area contributed by atoms with Crippen LogP contribution < -0.4 is 5.32 Å². The first kappa shape index (κ1) is 15.2. The smallest absolute Gasteiger partial charge is 0.126 e. The number of nitrogens with one attached hydrogen (secondary N) is 1. The summed E-state index contributed by atoms with van der Waals surface area (Å²) >= 11 is 5.83. The van der Waals surface area contributed by atoms with Crippen molar-refractivity contribution >= 4 is 11.6 Å². The number of phenols is 1. The van der Waals surface area contributed by atoms with Crippen molar-refractivity contribution < 1.29 is 9.84 Å². The van der Waals surface area contributed by atoms with Gasteiger partial charge in [0.2, 0.25) is 0 Å². The molecule has 0 bridgehead atoms. The van der Waals surface area contributed by atoms with E-state index in [9.17, 15) is 5.11 Å². The summed E-state index contributed by atoms with van der Waals surface area (Å²) in [4.78, 5) is 0. The van der Waals surface area contributed by atoms with Crippen molar-refractivity contribution in [3.63, 3.8) is 0 Å². The Morgan fingerprint density at radius 3 is 2.68 bits per heavy atom. The highest BCUT2D eigenvalue weighted by molar-refractivity contribution is 6.30. The molecule has 0 spiro atoms. The molecule has 2 heterocycles. The van der Waals surface area contributed by atoms with Crippen molar-refractivity contribution in [2.75, 3.05) is 13.2 Å². The van der Waals surface area contributed by atoms with Crippen LogP contribution in [0.5, 0.6) is 5.75 Å². The number of hydrogen-bond acceptors (Lipinski definition) is 5. The van der Waals surface area contributed by atoms with Gasteiger partial charge in [-0.1, -0.05) is 11.6 Å². The highest BCUT2D eigenvalue weighted by Gasteiger charge is 2.13. The van der Waals surface area contributed by atoms with Crippen LogP contribution in [0.3, 0.4) is 0 Å². The molecular weight excluding hydrogens is 302 g/mol. The van der Waals surface area contributed by atoms with E-state index in [-0.39, 0.29) is 5.75 Å². The number of rotatable bonds is 4. The van der Waals surface area contributed by atoms with E-state index in [0.717, 1.165) is 31.7 Å². The first-order valence-corrected chi connectivity index (χ1v) is 7.73. The van der Waals surface area contributed by atoms with Crippen LogP contribution in [-0.2, 0) is 11.3 Å². The van der Waals surface area contributed by atoms with Crippen LogP contribution in [0, 0.1) is 0 Å². The normalized spacial score (nSPS) is 15.9. The summed E-state index contributed by atoms with van der Waals surface area (Å²) in [7, 11) is 0. The SMILES string of the molecule is Oc1cc(Cl)ccc1-c1ccc(CNC2CCOCC2)nn1. The molecule has 0 aliphatic carbocycles. The van der Waals surface area contributed by atoms with Gasteiger partial charge >= 0.3 is 0 Å². The van der Waals surface area contributed by atoms with Crippen molar-refractivity contribution in [3.05, 3.63) is 41.0 Å². The lowest BCUT2D eigenvalue weighted by atomic mass is 10.1. The van der Waals surface area contributed by atoms with E-state index < -0.39 is 0 Å². The van der Waals surface area contributed by atoms with E-state index in [1.54, 1.807) is 12.1 Å². The fourth-order valence-electron chi connectivity index (χ4n) is 2.47. The Balaban J connectivity index is 1.64. The molecule has 0 radical (unpaired) electrons. The first-order valence-electron chi connectivity index (χ1n) is 7.35. The summed E-state index contributed by atoms with van der Waals surface area (Å²) in [6, 6.07) is 9.22. The van der Waals surface area contributed by atoms with E-state index in [1.807, 2.05) is 12.1 Å². The molecule has 2 aromatic rings.